The van der Waals surface area contributed by atoms with Crippen LogP contribution in [0, 0.1) is 0 Å². The van der Waals surface area contributed by atoms with E-state index in [0.717, 1.165) is 13.1 Å². The molecule has 0 aliphatic rings. The molecule has 2 rings (SSSR count). The van der Waals surface area contributed by atoms with Gasteiger partial charge in [-0.2, -0.15) is 5.10 Å². The van der Waals surface area contributed by atoms with Crippen molar-refractivity contribution in [3.8, 4) is 0 Å². The van der Waals surface area contributed by atoms with E-state index in [9.17, 15) is 0 Å². The lowest BCUT2D eigenvalue weighted by Crippen LogP contribution is -2.35. The van der Waals surface area contributed by atoms with Crippen LogP contribution in [0.15, 0.2) is 36.7 Å². The summed E-state index contributed by atoms with van der Waals surface area (Å²) in [5.74, 6) is 0. The molecule has 1 heterocycles. The van der Waals surface area contributed by atoms with Gasteiger partial charge in [-0.25, -0.2) is 0 Å². The summed E-state index contributed by atoms with van der Waals surface area (Å²) < 4.78 is 1.84. The van der Waals surface area contributed by atoms with Gasteiger partial charge in [0.25, 0.3) is 0 Å². The van der Waals surface area contributed by atoms with Gasteiger partial charge in [-0.05, 0) is 31.9 Å². The minimum Gasteiger partial charge on any atom is -0.308 e. The highest BCUT2D eigenvalue weighted by atomic mass is 35.5. The van der Waals surface area contributed by atoms with Gasteiger partial charge in [0.05, 0.1) is 17.8 Å². The van der Waals surface area contributed by atoms with Crippen LogP contribution < -0.4 is 5.32 Å². The molecule has 0 aliphatic heterocycles. The van der Waals surface area contributed by atoms with Crippen molar-refractivity contribution in [3.05, 3.63) is 52.8 Å². The molecule has 1 N–H and O–H groups in total. The first-order valence-electron chi connectivity index (χ1n) is 6.43. The van der Waals surface area contributed by atoms with Crippen LogP contribution in [0.2, 0.25) is 5.02 Å². The van der Waals surface area contributed by atoms with Gasteiger partial charge >= 0.3 is 0 Å². The Kier molecular flexibility index (Phi) is 4.27. The van der Waals surface area contributed by atoms with E-state index >= 15 is 0 Å². The normalized spacial score (nSPS) is 11.8. The molecule has 0 bridgehead atoms. The molecule has 0 spiro atoms. The van der Waals surface area contributed by atoms with E-state index in [1.165, 1.54) is 11.1 Å². The van der Waals surface area contributed by atoms with E-state index in [2.05, 4.69) is 55.5 Å². The molecule has 0 unspecified atom stereocenters. The maximum Gasteiger partial charge on any atom is 0.0785 e. The molecule has 0 fully saturated rings. The minimum atomic E-state index is 0.143. The van der Waals surface area contributed by atoms with Crippen molar-refractivity contribution in [2.24, 2.45) is 0 Å². The molecule has 0 amide bonds. The summed E-state index contributed by atoms with van der Waals surface area (Å²) in [6.45, 7) is 8.14. The quantitative estimate of drug-likeness (QED) is 0.927. The molecule has 1 aromatic carbocycles. The third-order valence-electron chi connectivity index (χ3n) is 2.79. The molecule has 0 atom stereocenters. The molecule has 19 heavy (non-hydrogen) atoms. The fourth-order valence-corrected chi connectivity index (χ4v) is 1.90. The predicted molar refractivity (Wildman–Crippen MR) is 79.4 cm³/mol. The second-order valence-electron chi connectivity index (χ2n) is 5.78. The summed E-state index contributed by atoms with van der Waals surface area (Å²) in [6.07, 6.45) is 3.49. The van der Waals surface area contributed by atoms with Crippen molar-refractivity contribution < 1.29 is 0 Å². The zero-order chi connectivity index (χ0) is 13.9. The minimum absolute atomic E-state index is 0.143. The highest BCUT2D eigenvalue weighted by Crippen LogP contribution is 2.10. The van der Waals surface area contributed by atoms with Crippen LogP contribution in [0.1, 0.15) is 31.9 Å². The van der Waals surface area contributed by atoms with Crippen LogP contribution in [0.4, 0.5) is 0 Å². The second-order valence-corrected chi connectivity index (χ2v) is 6.21. The van der Waals surface area contributed by atoms with Gasteiger partial charge in [-0.1, -0.05) is 35.9 Å². The van der Waals surface area contributed by atoms with Gasteiger partial charge < -0.3 is 5.32 Å². The zero-order valence-corrected chi connectivity index (χ0v) is 12.4. The van der Waals surface area contributed by atoms with Crippen molar-refractivity contribution in [1.82, 2.24) is 15.1 Å². The lowest BCUT2D eigenvalue weighted by atomic mass is 10.1. The molecular weight excluding hydrogens is 258 g/mol. The zero-order valence-electron chi connectivity index (χ0n) is 11.7. The number of nitrogens with one attached hydrogen (secondary N) is 1. The summed E-state index contributed by atoms with van der Waals surface area (Å²) in [4.78, 5) is 0. The van der Waals surface area contributed by atoms with E-state index in [4.69, 9.17) is 11.6 Å². The van der Waals surface area contributed by atoms with Crippen LogP contribution in [0.25, 0.3) is 0 Å². The SMILES string of the molecule is CC(C)(C)NCc1ccc(Cn2cc(Cl)cn2)cc1. The Balaban J connectivity index is 1.95. The molecule has 0 saturated carbocycles. The maximum absolute atomic E-state index is 5.84. The van der Waals surface area contributed by atoms with Crippen molar-refractivity contribution in [2.45, 2.75) is 39.4 Å². The van der Waals surface area contributed by atoms with Crippen LogP contribution in [-0.4, -0.2) is 15.3 Å². The lowest BCUT2D eigenvalue weighted by Gasteiger charge is -2.20. The first kappa shape index (κ1) is 14.1. The van der Waals surface area contributed by atoms with Crippen molar-refractivity contribution in [1.29, 1.82) is 0 Å². The largest absolute Gasteiger partial charge is 0.308 e. The number of halogens is 1. The van der Waals surface area contributed by atoms with Crippen LogP contribution >= 0.6 is 11.6 Å². The van der Waals surface area contributed by atoms with Crippen LogP contribution in [0.3, 0.4) is 0 Å². The van der Waals surface area contributed by atoms with Gasteiger partial charge in [-0.3, -0.25) is 4.68 Å². The summed E-state index contributed by atoms with van der Waals surface area (Å²) in [5, 5.41) is 8.32. The molecular formula is C15H20ClN3. The summed E-state index contributed by atoms with van der Waals surface area (Å²) >= 11 is 5.84. The van der Waals surface area contributed by atoms with Crippen LogP contribution in [0.5, 0.6) is 0 Å². The lowest BCUT2D eigenvalue weighted by molar-refractivity contribution is 0.424. The Hall–Kier alpha value is -1.32. The number of nitrogens with zero attached hydrogens (tertiary/aromatic N) is 2. The van der Waals surface area contributed by atoms with Gasteiger partial charge in [0.2, 0.25) is 0 Å². The van der Waals surface area contributed by atoms with Crippen molar-refractivity contribution in [2.75, 3.05) is 0 Å². The van der Waals surface area contributed by atoms with Gasteiger partial charge in [-0.15, -0.1) is 0 Å². The third kappa shape index (κ3) is 4.69. The number of aromatic nitrogens is 2. The number of rotatable bonds is 4. The molecule has 4 heteroatoms. The maximum atomic E-state index is 5.84. The van der Waals surface area contributed by atoms with Gasteiger partial charge in [0.15, 0.2) is 0 Å². The average Bonchev–Trinajstić information content (AvgIpc) is 2.73. The van der Waals surface area contributed by atoms with E-state index < -0.39 is 0 Å². The second kappa shape index (κ2) is 5.76. The van der Waals surface area contributed by atoms with Crippen molar-refractivity contribution in [3.63, 3.8) is 0 Å². The molecule has 1 aromatic heterocycles. The number of benzene rings is 1. The van der Waals surface area contributed by atoms with E-state index in [0.29, 0.717) is 5.02 Å². The fourth-order valence-electron chi connectivity index (χ4n) is 1.74. The Bertz CT molecular complexity index is 523. The number of hydrogen-bond donors (Lipinski definition) is 1. The van der Waals surface area contributed by atoms with E-state index in [1.807, 2.05) is 10.9 Å². The topological polar surface area (TPSA) is 29.9 Å². The standard InChI is InChI=1S/C15H20ClN3/c1-15(2,3)17-8-12-4-6-13(7-5-12)10-19-11-14(16)9-18-19/h4-7,9,11,17H,8,10H2,1-3H3. The van der Waals surface area contributed by atoms with Gasteiger partial charge in [0, 0.05) is 18.3 Å². The predicted octanol–water partition coefficient (Wildman–Crippen LogP) is 3.47. The molecule has 0 saturated heterocycles. The molecule has 3 nitrogen and oxygen atoms in total. The third-order valence-corrected chi connectivity index (χ3v) is 2.99. The fraction of sp³-hybridized carbons (Fsp3) is 0.400. The Morgan fingerprint density at radius 3 is 2.32 bits per heavy atom. The summed E-state index contributed by atoms with van der Waals surface area (Å²) in [7, 11) is 0. The Labute approximate surface area is 119 Å². The first-order valence-corrected chi connectivity index (χ1v) is 6.81. The highest BCUT2D eigenvalue weighted by molar-refractivity contribution is 6.30. The molecule has 102 valence electrons. The smallest absolute Gasteiger partial charge is 0.0785 e. The average molecular weight is 278 g/mol. The monoisotopic (exact) mass is 277 g/mol. The summed E-state index contributed by atoms with van der Waals surface area (Å²) in [6, 6.07) is 8.57. The van der Waals surface area contributed by atoms with Gasteiger partial charge in [0.1, 0.15) is 0 Å². The molecule has 0 radical (unpaired) electrons. The number of hydrogen-bond acceptors (Lipinski definition) is 2. The van der Waals surface area contributed by atoms with Crippen molar-refractivity contribution >= 4 is 11.6 Å². The van der Waals surface area contributed by atoms with Crippen LogP contribution in [-0.2, 0) is 13.1 Å². The molecule has 0 aliphatic carbocycles. The highest BCUT2D eigenvalue weighted by Gasteiger charge is 2.08. The Morgan fingerprint density at radius 1 is 1.16 bits per heavy atom. The van der Waals surface area contributed by atoms with E-state index in [-0.39, 0.29) is 5.54 Å². The summed E-state index contributed by atoms with van der Waals surface area (Å²) in [5.41, 5.74) is 2.65. The Morgan fingerprint density at radius 2 is 1.79 bits per heavy atom. The van der Waals surface area contributed by atoms with E-state index in [1.54, 1.807) is 6.20 Å². The molecule has 2 aromatic rings. The first-order chi connectivity index (χ1) is 8.92.